The second kappa shape index (κ2) is 69.3. The fraction of sp³-hybridized carbons (Fsp3) is 0.800. The number of hydrogen-bond acceptors (Lipinski definition) is 6. The van der Waals surface area contributed by atoms with Crippen molar-refractivity contribution in [1.29, 1.82) is 0 Å². The SMILES string of the molecule is CC/C=C\C/C=C\C/C=C\C/C=C\C/C=C\CCCCCCCC(=O)OC(COC(=O)CCCCCCCCCCC)COC(=O)CCCCCCCCCCCCCCCCCCCCCCC/C=C\CCCCCCCCCC. The molecule has 0 radical (unpaired) electrons. The van der Waals surface area contributed by atoms with Gasteiger partial charge in [0.15, 0.2) is 6.10 Å². The van der Waals surface area contributed by atoms with E-state index < -0.39 is 6.10 Å². The molecule has 0 saturated carbocycles. The third-order valence-corrected chi connectivity index (χ3v) is 15.7. The highest BCUT2D eigenvalue weighted by Gasteiger charge is 2.19. The van der Waals surface area contributed by atoms with Crippen LogP contribution in [0.25, 0.3) is 0 Å². The van der Waals surface area contributed by atoms with Crippen molar-refractivity contribution in [3.63, 3.8) is 0 Å². The van der Waals surface area contributed by atoms with Gasteiger partial charge in [0.25, 0.3) is 0 Å². The first-order valence-electron chi connectivity index (χ1n) is 35.4. The van der Waals surface area contributed by atoms with E-state index in [1.807, 2.05) is 0 Å². The van der Waals surface area contributed by atoms with E-state index in [4.69, 9.17) is 14.2 Å². The molecule has 470 valence electrons. The summed E-state index contributed by atoms with van der Waals surface area (Å²) in [5.74, 6) is -0.883. The second-order valence-corrected chi connectivity index (χ2v) is 23.8. The summed E-state index contributed by atoms with van der Waals surface area (Å²) >= 11 is 0. The summed E-state index contributed by atoms with van der Waals surface area (Å²) in [7, 11) is 0. The Labute approximate surface area is 503 Å². The Hall–Kier alpha value is -3.15. The summed E-state index contributed by atoms with van der Waals surface area (Å²) in [5.41, 5.74) is 0. The minimum atomic E-state index is -0.784. The van der Waals surface area contributed by atoms with Crippen LogP contribution in [0.5, 0.6) is 0 Å². The van der Waals surface area contributed by atoms with Gasteiger partial charge in [-0.1, -0.05) is 331 Å². The number of unbranched alkanes of at least 4 members (excludes halogenated alkanes) is 42. The molecule has 1 unspecified atom stereocenters. The topological polar surface area (TPSA) is 78.9 Å². The minimum Gasteiger partial charge on any atom is -0.462 e. The van der Waals surface area contributed by atoms with E-state index in [2.05, 4.69) is 93.7 Å². The first kappa shape index (κ1) is 77.9. The van der Waals surface area contributed by atoms with Crippen molar-refractivity contribution in [3.8, 4) is 0 Å². The van der Waals surface area contributed by atoms with E-state index in [-0.39, 0.29) is 31.1 Å². The molecule has 0 saturated heterocycles. The second-order valence-electron chi connectivity index (χ2n) is 23.8. The molecule has 0 spiro atoms. The van der Waals surface area contributed by atoms with Crippen molar-refractivity contribution < 1.29 is 28.6 Å². The summed E-state index contributed by atoms with van der Waals surface area (Å²) in [6.45, 7) is 6.54. The van der Waals surface area contributed by atoms with Crippen LogP contribution in [0.15, 0.2) is 72.9 Å². The smallest absolute Gasteiger partial charge is 0.306 e. The average Bonchev–Trinajstić information content (AvgIpc) is 3.47. The average molecular weight is 1130 g/mol. The molecule has 6 heteroatoms. The van der Waals surface area contributed by atoms with E-state index in [0.29, 0.717) is 19.3 Å². The summed E-state index contributed by atoms with van der Waals surface area (Å²) < 4.78 is 16.9. The van der Waals surface area contributed by atoms with E-state index in [9.17, 15) is 14.4 Å². The van der Waals surface area contributed by atoms with Gasteiger partial charge in [0, 0.05) is 19.3 Å². The van der Waals surface area contributed by atoms with Gasteiger partial charge in [-0.15, -0.1) is 0 Å². The van der Waals surface area contributed by atoms with Gasteiger partial charge in [0.2, 0.25) is 0 Å². The Balaban J connectivity index is 4.09. The van der Waals surface area contributed by atoms with Gasteiger partial charge < -0.3 is 14.2 Å². The van der Waals surface area contributed by atoms with Gasteiger partial charge in [-0.2, -0.15) is 0 Å². The van der Waals surface area contributed by atoms with Gasteiger partial charge in [0.1, 0.15) is 13.2 Å². The number of carbonyl (C=O) groups is 3. The van der Waals surface area contributed by atoms with Gasteiger partial charge in [0.05, 0.1) is 0 Å². The Morgan fingerprint density at radius 2 is 0.481 bits per heavy atom. The van der Waals surface area contributed by atoms with Crippen molar-refractivity contribution in [2.45, 2.75) is 374 Å². The normalized spacial score (nSPS) is 12.5. The van der Waals surface area contributed by atoms with Crippen LogP contribution in [0.4, 0.5) is 0 Å². The molecule has 0 aromatic heterocycles. The highest BCUT2D eigenvalue weighted by molar-refractivity contribution is 5.71. The van der Waals surface area contributed by atoms with Gasteiger partial charge in [-0.25, -0.2) is 0 Å². The molecule has 0 aromatic rings. The summed E-state index contributed by atoms with van der Waals surface area (Å²) in [6.07, 6.45) is 91.0. The molecule has 0 bridgehead atoms. The molecule has 0 amide bonds. The predicted molar refractivity (Wildman–Crippen MR) is 353 cm³/mol. The van der Waals surface area contributed by atoms with Gasteiger partial charge in [-0.3, -0.25) is 14.4 Å². The molecule has 0 aromatic carbocycles. The fourth-order valence-electron chi connectivity index (χ4n) is 10.4. The summed E-state index contributed by atoms with van der Waals surface area (Å²) in [6, 6.07) is 0. The van der Waals surface area contributed by atoms with Crippen LogP contribution in [0.3, 0.4) is 0 Å². The lowest BCUT2D eigenvalue weighted by atomic mass is 10.0. The van der Waals surface area contributed by atoms with Crippen molar-refractivity contribution in [1.82, 2.24) is 0 Å². The molecule has 6 nitrogen and oxygen atoms in total. The molecular formula is C75H134O6. The monoisotopic (exact) mass is 1130 g/mol. The maximum atomic E-state index is 12.9. The van der Waals surface area contributed by atoms with E-state index in [1.165, 1.54) is 218 Å². The highest BCUT2D eigenvalue weighted by atomic mass is 16.6. The lowest BCUT2D eigenvalue weighted by Crippen LogP contribution is -2.30. The van der Waals surface area contributed by atoms with Crippen molar-refractivity contribution in [3.05, 3.63) is 72.9 Å². The lowest BCUT2D eigenvalue weighted by molar-refractivity contribution is -0.167. The number of allylic oxidation sites excluding steroid dienone is 12. The zero-order valence-corrected chi connectivity index (χ0v) is 54.1. The molecule has 1 atom stereocenters. The van der Waals surface area contributed by atoms with Crippen LogP contribution < -0.4 is 0 Å². The molecular weight excluding hydrogens is 997 g/mol. The van der Waals surface area contributed by atoms with Crippen LogP contribution in [-0.2, 0) is 28.6 Å². The van der Waals surface area contributed by atoms with Crippen LogP contribution in [-0.4, -0.2) is 37.2 Å². The Bertz CT molecular complexity index is 1490. The zero-order chi connectivity index (χ0) is 58.5. The standard InChI is InChI=1S/C75H134O6/c1-4-7-10-13-16-19-21-23-25-27-29-31-32-33-34-35-36-37-38-39-40-41-42-44-45-47-49-51-53-56-59-62-65-68-74(77)80-71-72(70-79-73(76)67-64-61-58-55-18-15-12-9-6-3)81-75(78)69-66-63-60-57-54-52-50-48-46-43-30-28-26-24-22-20-17-14-11-8-5-2/h8,11,17,20,24,26-27,29-30,43,48,50,72H,4-7,9-10,12-16,18-19,21-23,25,28,31-42,44-47,49,51-71H2,1-3H3/b11-8-,20-17-,26-24-,29-27-,43-30-,50-48-. The zero-order valence-electron chi connectivity index (χ0n) is 54.1. The van der Waals surface area contributed by atoms with Crippen LogP contribution in [0.2, 0.25) is 0 Å². The molecule has 0 aliphatic carbocycles. The number of ether oxygens (including phenoxy) is 3. The fourth-order valence-corrected chi connectivity index (χ4v) is 10.4. The third kappa shape index (κ3) is 67.5. The first-order valence-corrected chi connectivity index (χ1v) is 35.4. The number of rotatable bonds is 65. The quantitative estimate of drug-likeness (QED) is 0.0261. The molecule has 0 N–H and O–H groups in total. The van der Waals surface area contributed by atoms with E-state index in [0.717, 1.165) is 109 Å². The predicted octanol–water partition coefficient (Wildman–Crippen LogP) is 24.4. The lowest BCUT2D eigenvalue weighted by Gasteiger charge is -2.18. The number of hydrogen-bond donors (Lipinski definition) is 0. The van der Waals surface area contributed by atoms with Gasteiger partial charge >= 0.3 is 17.9 Å². The van der Waals surface area contributed by atoms with Gasteiger partial charge in [-0.05, 0) is 89.9 Å². The Kier molecular flexibility index (Phi) is 66.6. The van der Waals surface area contributed by atoms with Crippen molar-refractivity contribution >= 4 is 17.9 Å². The molecule has 0 rings (SSSR count). The van der Waals surface area contributed by atoms with E-state index >= 15 is 0 Å². The van der Waals surface area contributed by atoms with Crippen LogP contribution >= 0.6 is 0 Å². The third-order valence-electron chi connectivity index (χ3n) is 15.7. The Morgan fingerprint density at radius 1 is 0.259 bits per heavy atom. The summed E-state index contributed by atoms with van der Waals surface area (Å²) in [4.78, 5) is 38.3. The molecule has 0 aliphatic heterocycles. The van der Waals surface area contributed by atoms with Crippen LogP contribution in [0, 0.1) is 0 Å². The largest absolute Gasteiger partial charge is 0.462 e. The van der Waals surface area contributed by atoms with Crippen molar-refractivity contribution in [2.75, 3.05) is 13.2 Å². The molecule has 81 heavy (non-hydrogen) atoms. The van der Waals surface area contributed by atoms with E-state index in [1.54, 1.807) is 0 Å². The maximum Gasteiger partial charge on any atom is 0.306 e. The Morgan fingerprint density at radius 3 is 0.765 bits per heavy atom. The first-order chi connectivity index (χ1) is 40.0. The molecule has 0 heterocycles. The minimum absolute atomic E-state index is 0.0794. The highest BCUT2D eigenvalue weighted by Crippen LogP contribution is 2.18. The van der Waals surface area contributed by atoms with Crippen LogP contribution in [0.1, 0.15) is 367 Å². The molecule has 0 aliphatic rings. The summed E-state index contributed by atoms with van der Waals surface area (Å²) in [5, 5.41) is 0. The number of esters is 3. The number of carbonyl (C=O) groups excluding carboxylic acids is 3. The maximum absolute atomic E-state index is 12.9. The van der Waals surface area contributed by atoms with Crippen molar-refractivity contribution in [2.24, 2.45) is 0 Å². The molecule has 0 fully saturated rings.